The van der Waals surface area contributed by atoms with E-state index >= 15 is 0 Å². The molecule has 5 rings (SSSR count). The highest BCUT2D eigenvalue weighted by Gasteiger charge is 2.59. The number of aromatic hydroxyl groups is 1. The van der Waals surface area contributed by atoms with Crippen LogP contribution in [0.4, 0.5) is 0 Å². The van der Waals surface area contributed by atoms with E-state index in [-0.39, 0.29) is 17.1 Å². The molecule has 0 radical (unpaired) electrons. The van der Waals surface area contributed by atoms with Crippen molar-refractivity contribution in [3.8, 4) is 11.5 Å². The third-order valence-corrected chi connectivity index (χ3v) is 8.15. The van der Waals surface area contributed by atoms with Crippen LogP contribution in [0.1, 0.15) is 30.4 Å². The first kappa shape index (κ1) is 23.9. The molecule has 2 aromatic carbocycles. The number of amides is 1. The lowest BCUT2D eigenvalue weighted by Gasteiger charge is -2.36. The molecule has 2 aromatic rings. The van der Waals surface area contributed by atoms with Gasteiger partial charge in [0.15, 0.2) is 11.5 Å². The third-order valence-electron chi connectivity index (χ3n) is 8.15. The van der Waals surface area contributed by atoms with Crippen molar-refractivity contribution in [1.82, 2.24) is 14.7 Å². The van der Waals surface area contributed by atoms with Crippen LogP contribution in [0.3, 0.4) is 0 Å². The van der Waals surface area contributed by atoms with Gasteiger partial charge in [-0.3, -0.25) is 14.6 Å². The van der Waals surface area contributed by atoms with Gasteiger partial charge in [-0.2, -0.15) is 0 Å². The normalized spacial score (nSPS) is 22.5. The van der Waals surface area contributed by atoms with Crippen LogP contribution in [0.25, 0.3) is 6.08 Å². The van der Waals surface area contributed by atoms with Crippen LogP contribution in [0, 0.1) is 11.3 Å². The molecule has 1 aliphatic carbocycles. The van der Waals surface area contributed by atoms with Crippen LogP contribution in [0.2, 0.25) is 0 Å². The Morgan fingerprint density at radius 3 is 2.46 bits per heavy atom. The van der Waals surface area contributed by atoms with E-state index in [0.717, 1.165) is 77.2 Å². The Bertz CT molecular complexity index is 1040. The van der Waals surface area contributed by atoms with Gasteiger partial charge < -0.3 is 14.7 Å². The summed E-state index contributed by atoms with van der Waals surface area (Å²) in [6.45, 7) is 7.38. The Hall–Kier alpha value is -2.83. The molecule has 1 N–H and O–H groups in total. The molecule has 2 heterocycles. The monoisotopic (exact) mass is 475 g/mol. The quantitative estimate of drug-likeness (QED) is 0.659. The van der Waals surface area contributed by atoms with Crippen molar-refractivity contribution in [1.29, 1.82) is 0 Å². The van der Waals surface area contributed by atoms with Gasteiger partial charge in [0.05, 0.1) is 7.11 Å². The second-order valence-electron chi connectivity index (χ2n) is 10.3. The van der Waals surface area contributed by atoms with Gasteiger partial charge in [-0.05, 0) is 61.0 Å². The highest BCUT2D eigenvalue weighted by atomic mass is 16.5. The van der Waals surface area contributed by atoms with Gasteiger partial charge in [-0.25, -0.2) is 0 Å². The van der Waals surface area contributed by atoms with Crippen molar-refractivity contribution in [3.63, 3.8) is 0 Å². The van der Waals surface area contributed by atoms with Crippen molar-refractivity contribution >= 4 is 12.0 Å². The maximum absolute atomic E-state index is 13.3. The van der Waals surface area contributed by atoms with Crippen molar-refractivity contribution in [3.05, 3.63) is 65.7 Å². The lowest BCUT2D eigenvalue weighted by molar-refractivity contribution is -0.135. The topological polar surface area (TPSA) is 56.2 Å². The summed E-state index contributed by atoms with van der Waals surface area (Å²) in [6, 6.07) is 16.0. The zero-order valence-corrected chi connectivity index (χ0v) is 20.7. The number of piperidine rings is 1. The Morgan fingerprint density at radius 1 is 1.03 bits per heavy atom. The number of methoxy groups -OCH3 is 1. The molecule has 3 aliphatic rings. The summed E-state index contributed by atoms with van der Waals surface area (Å²) in [5.41, 5.74) is 2.55. The van der Waals surface area contributed by atoms with E-state index in [1.807, 2.05) is 18.2 Å². The summed E-state index contributed by atoms with van der Waals surface area (Å²) in [5, 5.41) is 10.0. The predicted octanol–water partition coefficient (Wildman–Crippen LogP) is 3.86. The third kappa shape index (κ3) is 5.54. The minimum atomic E-state index is 0.193. The number of likely N-dealkylation sites (tertiary alicyclic amines) is 1. The summed E-state index contributed by atoms with van der Waals surface area (Å²) in [6.07, 6.45) is 7.65. The number of carbonyl (C=O) groups excluding carboxylic acids is 1. The molecule has 1 spiro atoms. The molecular formula is C29H37N3O3. The maximum atomic E-state index is 13.3. The van der Waals surface area contributed by atoms with Crippen LogP contribution < -0.4 is 4.74 Å². The Morgan fingerprint density at radius 2 is 1.77 bits per heavy atom. The van der Waals surface area contributed by atoms with Crippen molar-refractivity contribution in [2.45, 2.75) is 25.8 Å². The summed E-state index contributed by atoms with van der Waals surface area (Å²) in [7, 11) is 1.57. The standard InChI is InChI=1S/C29H37N3O3/c1-35-27-10-9-24(20-26(27)33)22-31-14-11-29(12-15-31)21-25(29)28(34)32-18-16-30(17-19-32)13-5-8-23-6-3-2-4-7-23/h2-10,20,25,33H,11-19,21-22H2,1H3/b8-5+. The van der Waals surface area contributed by atoms with Gasteiger partial charge in [0.2, 0.25) is 5.91 Å². The molecule has 1 atom stereocenters. The number of rotatable bonds is 7. The molecule has 1 amide bonds. The summed E-state index contributed by atoms with van der Waals surface area (Å²) in [4.78, 5) is 20.2. The maximum Gasteiger partial charge on any atom is 0.226 e. The van der Waals surface area contributed by atoms with E-state index in [9.17, 15) is 9.90 Å². The number of hydrogen-bond acceptors (Lipinski definition) is 5. The second kappa shape index (κ2) is 10.4. The van der Waals surface area contributed by atoms with Crippen molar-refractivity contribution < 1.29 is 14.6 Å². The minimum absolute atomic E-state index is 0.193. The molecule has 2 aliphatic heterocycles. The highest BCUT2D eigenvalue weighted by Crippen LogP contribution is 2.60. The van der Waals surface area contributed by atoms with E-state index in [0.29, 0.717) is 11.7 Å². The van der Waals surface area contributed by atoms with Crippen LogP contribution in [0.5, 0.6) is 11.5 Å². The zero-order valence-electron chi connectivity index (χ0n) is 20.7. The molecule has 6 nitrogen and oxygen atoms in total. The fourth-order valence-corrected chi connectivity index (χ4v) is 5.77. The molecule has 6 heteroatoms. The van der Waals surface area contributed by atoms with E-state index in [1.54, 1.807) is 13.2 Å². The fraction of sp³-hybridized carbons (Fsp3) is 0.483. The number of piperazine rings is 1. The molecule has 3 fully saturated rings. The van der Waals surface area contributed by atoms with E-state index < -0.39 is 0 Å². The number of nitrogens with zero attached hydrogens (tertiary/aromatic N) is 3. The van der Waals surface area contributed by atoms with E-state index in [2.05, 4.69) is 51.1 Å². The number of phenolic OH excluding ortho intramolecular Hbond substituents is 1. The molecule has 0 bridgehead atoms. The van der Waals surface area contributed by atoms with E-state index in [4.69, 9.17) is 4.74 Å². The molecule has 1 unspecified atom stereocenters. The van der Waals surface area contributed by atoms with Gasteiger partial charge in [-0.1, -0.05) is 48.6 Å². The SMILES string of the molecule is COc1ccc(CN2CCC3(CC2)CC3C(=O)N2CCN(C/C=C/c3ccccc3)CC2)cc1O. The number of hydrogen-bond donors (Lipinski definition) is 1. The van der Waals surface area contributed by atoms with Crippen molar-refractivity contribution in [2.24, 2.45) is 11.3 Å². The lowest BCUT2D eigenvalue weighted by atomic mass is 9.90. The van der Waals surface area contributed by atoms with Crippen LogP contribution >= 0.6 is 0 Å². The summed E-state index contributed by atoms with van der Waals surface area (Å²) >= 11 is 0. The Kier molecular flexibility index (Phi) is 7.12. The van der Waals surface area contributed by atoms with Crippen molar-refractivity contribution in [2.75, 3.05) is 52.9 Å². The molecule has 0 aromatic heterocycles. The Labute approximate surface area is 208 Å². The van der Waals surface area contributed by atoms with Gasteiger partial charge in [0.1, 0.15) is 0 Å². The minimum Gasteiger partial charge on any atom is -0.504 e. The molecular weight excluding hydrogens is 438 g/mol. The molecule has 2 saturated heterocycles. The predicted molar refractivity (Wildman–Crippen MR) is 138 cm³/mol. The Balaban J connectivity index is 1.05. The number of benzene rings is 2. The zero-order chi connectivity index (χ0) is 24.3. The smallest absolute Gasteiger partial charge is 0.226 e. The molecule has 35 heavy (non-hydrogen) atoms. The summed E-state index contributed by atoms with van der Waals surface area (Å²) < 4.78 is 5.14. The van der Waals surface area contributed by atoms with Crippen LogP contribution in [-0.4, -0.2) is 78.6 Å². The van der Waals surface area contributed by atoms with Crippen LogP contribution in [-0.2, 0) is 11.3 Å². The highest BCUT2D eigenvalue weighted by molar-refractivity contribution is 5.83. The first-order chi connectivity index (χ1) is 17.1. The first-order valence-corrected chi connectivity index (χ1v) is 12.9. The number of phenols is 1. The first-order valence-electron chi connectivity index (χ1n) is 12.9. The van der Waals surface area contributed by atoms with Gasteiger partial charge >= 0.3 is 0 Å². The second-order valence-corrected chi connectivity index (χ2v) is 10.3. The molecule has 1 saturated carbocycles. The van der Waals surface area contributed by atoms with Gasteiger partial charge in [0.25, 0.3) is 0 Å². The van der Waals surface area contributed by atoms with Gasteiger partial charge in [0, 0.05) is 45.2 Å². The van der Waals surface area contributed by atoms with E-state index in [1.165, 1.54) is 5.56 Å². The number of ether oxygens (including phenoxy) is 1. The van der Waals surface area contributed by atoms with Crippen LogP contribution in [0.15, 0.2) is 54.6 Å². The van der Waals surface area contributed by atoms with Gasteiger partial charge in [-0.15, -0.1) is 0 Å². The lowest BCUT2D eigenvalue weighted by Crippen LogP contribution is -2.49. The summed E-state index contributed by atoms with van der Waals surface area (Å²) in [5.74, 6) is 1.31. The molecule has 186 valence electrons. The fourth-order valence-electron chi connectivity index (χ4n) is 5.77. The largest absolute Gasteiger partial charge is 0.504 e. The average Bonchev–Trinajstić information content (AvgIpc) is 3.59. The average molecular weight is 476 g/mol. The number of carbonyl (C=O) groups is 1.